The second kappa shape index (κ2) is 13.1. The van der Waals surface area contributed by atoms with Crippen LogP contribution >= 0.6 is 0 Å². The Kier molecular flexibility index (Phi) is 9.58. The molecule has 0 bridgehead atoms. The van der Waals surface area contributed by atoms with Crippen molar-refractivity contribution in [2.24, 2.45) is 0 Å². The number of allylic oxidation sites excluding steroid dienone is 4. The third-order valence-electron chi connectivity index (χ3n) is 6.23. The van der Waals surface area contributed by atoms with Crippen LogP contribution in [0.4, 0.5) is 22.7 Å². The molecule has 1 aliphatic rings. The fraction of sp³-hybridized carbons (Fsp3) is 0.188. The van der Waals surface area contributed by atoms with Gasteiger partial charge in [0, 0.05) is 73.6 Å². The first-order valence-corrected chi connectivity index (χ1v) is 12.2. The lowest BCUT2D eigenvalue weighted by molar-refractivity contribution is -0.505. The first kappa shape index (κ1) is 26.4. The molecule has 0 saturated heterocycles. The zero-order valence-corrected chi connectivity index (χ0v) is 21.7. The zero-order valence-electron chi connectivity index (χ0n) is 21.7. The first-order valence-electron chi connectivity index (χ1n) is 12.2. The molecule has 2 aromatic rings. The molecule has 36 heavy (non-hydrogen) atoms. The average Bonchev–Trinajstić information content (AvgIpc) is 2.92. The lowest BCUT2D eigenvalue weighted by atomic mass is 10.1. The summed E-state index contributed by atoms with van der Waals surface area (Å²) in [5.74, 6) is 0. The van der Waals surface area contributed by atoms with Gasteiger partial charge in [0.1, 0.15) is 7.05 Å². The second-order valence-electron chi connectivity index (χ2n) is 8.63. The fourth-order valence-corrected chi connectivity index (χ4v) is 4.17. The van der Waals surface area contributed by atoms with Crippen LogP contribution < -0.4 is 9.80 Å². The minimum atomic E-state index is 0.792. The Hall–Kier alpha value is -4.18. The standard InChI is InChI=1S/C32H38N4/c1-7-23-35(24-8-2)31-19-15-29(16-20-31)33(5)27-11-13-28(14-12-27)34(6)30-17-21-32(22-18-30)36(25-9-3)26-10-4/h7-22H,1-4,23-26H2,5-6H3/q+2. The monoisotopic (exact) mass is 478 g/mol. The van der Waals surface area contributed by atoms with Gasteiger partial charge in [-0.15, -0.1) is 13.2 Å². The van der Waals surface area contributed by atoms with E-state index >= 15 is 0 Å². The smallest absolute Gasteiger partial charge is 0.205 e. The summed E-state index contributed by atoms with van der Waals surface area (Å²) in [6.45, 7) is 18.6. The van der Waals surface area contributed by atoms with Crippen molar-refractivity contribution in [1.29, 1.82) is 0 Å². The van der Waals surface area contributed by atoms with Gasteiger partial charge in [0.25, 0.3) is 0 Å². The van der Waals surface area contributed by atoms with Gasteiger partial charge in [0.2, 0.25) is 17.1 Å². The van der Waals surface area contributed by atoms with Crippen molar-refractivity contribution in [3.63, 3.8) is 0 Å². The summed E-state index contributed by atoms with van der Waals surface area (Å²) in [7, 11) is 4.19. The predicted octanol–water partition coefficient (Wildman–Crippen LogP) is 6.30. The lowest BCUT2D eigenvalue weighted by Crippen LogP contribution is -2.23. The van der Waals surface area contributed by atoms with Gasteiger partial charge in [0.05, 0.1) is 0 Å². The van der Waals surface area contributed by atoms with E-state index in [1.165, 1.54) is 0 Å². The Morgan fingerprint density at radius 2 is 1.08 bits per heavy atom. The first-order chi connectivity index (χ1) is 17.5. The van der Waals surface area contributed by atoms with Crippen LogP contribution in [0.15, 0.2) is 123 Å². The maximum absolute atomic E-state index is 3.86. The molecule has 184 valence electrons. The molecular weight excluding hydrogens is 440 g/mol. The van der Waals surface area contributed by atoms with Crippen LogP contribution in [0.2, 0.25) is 0 Å². The molecule has 2 aromatic carbocycles. The van der Waals surface area contributed by atoms with E-state index < -0.39 is 0 Å². The highest BCUT2D eigenvalue weighted by atomic mass is 15.1. The molecule has 0 radical (unpaired) electrons. The molecule has 0 N–H and O–H groups in total. The number of hydrogen-bond donors (Lipinski definition) is 0. The van der Waals surface area contributed by atoms with Gasteiger partial charge in [-0.25, -0.2) is 4.58 Å². The maximum Gasteiger partial charge on any atom is 0.205 e. The van der Waals surface area contributed by atoms with Gasteiger partial charge in [-0.3, -0.25) is 0 Å². The van der Waals surface area contributed by atoms with Crippen LogP contribution in [-0.2, 0) is 0 Å². The predicted molar refractivity (Wildman–Crippen MR) is 158 cm³/mol. The number of benzene rings is 2. The summed E-state index contributed by atoms with van der Waals surface area (Å²) in [6, 6.07) is 17.2. The molecule has 0 spiro atoms. The van der Waals surface area contributed by atoms with Crippen LogP contribution in [0, 0.1) is 0 Å². The lowest BCUT2D eigenvalue weighted by Gasteiger charge is -2.24. The van der Waals surface area contributed by atoms with Crippen molar-refractivity contribution in [3.8, 4) is 0 Å². The van der Waals surface area contributed by atoms with Crippen molar-refractivity contribution >= 4 is 34.2 Å². The molecule has 0 amide bonds. The minimum absolute atomic E-state index is 0.792. The van der Waals surface area contributed by atoms with Crippen LogP contribution in [0.5, 0.6) is 0 Å². The van der Waals surface area contributed by atoms with Gasteiger partial charge < -0.3 is 9.80 Å². The summed E-state index contributed by atoms with van der Waals surface area (Å²) >= 11 is 0. The third-order valence-corrected chi connectivity index (χ3v) is 6.23. The molecule has 0 unspecified atom stereocenters. The van der Waals surface area contributed by atoms with Crippen LogP contribution in [0.1, 0.15) is 0 Å². The molecule has 0 aliphatic heterocycles. The Morgan fingerprint density at radius 3 is 1.56 bits per heavy atom. The van der Waals surface area contributed by atoms with E-state index in [2.05, 4.69) is 132 Å². The van der Waals surface area contributed by atoms with Gasteiger partial charge in [-0.05, 0) is 48.6 Å². The highest BCUT2D eigenvalue weighted by molar-refractivity contribution is 6.15. The molecular formula is C32H38N4+2. The van der Waals surface area contributed by atoms with E-state index in [4.69, 9.17) is 0 Å². The molecule has 0 aromatic heterocycles. The summed E-state index contributed by atoms with van der Waals surface area (Å²) in [5, 5.41) is 0. The number of hydrogen-bond acceptors (Lipinski definition) is 2. The van der Waals surface area contributed by atoms with Crippen LogP contribution in [0.25, 0.3) is 0 Å². The van der Waals surface area contributed by atoms with E-state index in [-0.39, 0.29) is 0 Å². The highest BCUT2D eigenvalue weighted by Crippen LogP contribution is 2.27. The largest absolute Gasteiger partial charge is 0.364 e. The summed E-state index contributed by atoms with van der Waals surface area (Å²) in [5.41, 5.74) is 6.86. The molecule has 0 heterocycles. The Morgan fingerprint density at radius 1 is 0.639 bits per heavy atom. The third kappa shape index (κ3) is 6.48. The van der Waals surface area contributed by atoms with E-state index in [0.717, 1.165) is 60.4 Å². The average molecular weight is 479 g/mol. The quantitative estimate of drug-likeness (QED) is 0.202. The van der Waals surface area contributed by atoms with E-state index in [1.807, 2.05) is 24.3 Å². The van der Waals surface area contributed by atoms with Crippen LogP contribution in [-0.4, -0.2) is 60.8 Å². The summed E-state index contributed by atoms with van der Waals surface area (Å²) in [4.78, 5) is 4.43. The van der Waals surface area contributed by atoms with Crippen molar-refractivity contribution in [3.05, 3.63) is 123 Å². The SMILES string of the molecule is C=CCN(CC=C)c1ccc(N(C)c2ccc([N+](C)=C3C=CC(=[N+](CC=C)CC=C)C=C3)cc2)cc1. The second-order valence-corrected chi connectivity index (χ2v) is 8.63. The minimum Gasteiger partial charge on any atom is -0.364 e. The molecule has 3 rings (SSSR count). The number of anilines is 3. The van der Waals surface area contributed by atoms with Crippen molar-refractivity contribution in [2.75, 3.05) is 50.1 Å². The Bertz CT molecular complexity index is 1170. The van der Waals surface area contributed by atoms with Gasteiger partial charge in [0.15, 0.2) is 13.1 Å². The molecule has 0 atom stereocenters. The zero-order chi connectivity index (χ0) is 25.9. The van der Waals surface area contributed by atoms with Gasteiger partial charge in [-0.1, -0.05) is 25.3 Å². The maximum atomic E-state index is 3.86. The number of rotatable bonds is 12. The highest BCUT2D eigenvalue weighted by Gasteiger charge is 2.16. The number of nitrogens with zero attached hydrogens (tertiary/aromatic N) is 4. The van der Waals surface area contributed by atoms with Crippen molar-refractivity contribution in [2.45, 2.75) is 0 Å². The molecule has 0 fully saturated rings. The van der Waals surface area contributed by atoms with Gasteiger partial charge in [-0.2, -0.15) is 4.58 Å². The topological polar surface area (TPSA) is 12.5 Å². The van der Waals surface area contributed by atoms with E-state index in [0.29, 0.717) is 0 Å². The Balaban J connectivity index is 1.75. The molecule has 0 saturated carbocycles. The van der Waals surface area contributed by atoms with Gasteiger partial charge >= 0.3 is 0 Å². The normalized spacial score (nSPS) is 12.2. The van der Waals surface area contributed by atoms with Crippen molar-refractivity contribution in [1.82, 2.24) is 0 Å². The molecule has 4 heteroatoms. The summed E-state index contributed by atoms with van der Waals surface area (Å²) < 4.78 is 4.43. The Labute approximate surface area is 216 Å². The van der Waals surface area contributed by atoms with Crippen LogP contribution in [0.3, 0.4) is 0 Å². The van der Waals surface area contributed by atoms with E-state index in [1.54, 1.807) is 0 Å². The molecule has 4 nitrogen and oxygen atoms in total. The van der Waals surface area contributed by atoms with Crippen molar-refractivity contribution < 1.29 is 9.15 Å². The fourth-order valence-electron chi connectivity index (χ4n) is 4.17. The van der Waals surface area contributed by atoms with E-state index in [9.17, 15) is 0 Å². The molecule has 1 aliphatic carbocycles. The summed E-state index contributed by atoms with van der Waals surface area (Å²) in [6.07, 6.45) is 16.3.